The van der Waals surface area contributed by atoms with Crippen molar-refractivity contribution in [3.63, 3.8) is 0 Å². The molecule has 0 saturated heterocycles. The zero-order chi connectivity index (χ0) is 12.4. The Morgan fingerprint density at radius 2 is 1.82 bits per heavy atom. The highest BCUT2D eigenvalue weighted by atomic mass is 79.9. The molecule has 1 aromatic carbocycles. The Hall–Kier alpha value is -1.08. The van der Waals surface area contributed by atoms with Crippen molar-refractivity contribution in [1.82, 2.24) is 9.97 Å². The van der Waals surface area contributed by atoms with Gasteiger partial charge in [0.15, 0.2) is 0 Å². The van der Waals surface area contributed by atoms with Gasteiger partial charge >= 0.3 is 0 Å². The predicted molar refractivity (Wildman–Crippen MR) is 67.1 cm³/mol. The van der Waals surface area contributed by atoms with Crippen molar-refractivity contribution in [3.8, 4) is 0 Å². The lowest BCUT2D eigenvalue weighted by atomic mass is 10.3. The summed E-state index contributed by atoms with van der Waals surface area (Å²) in [4.78, 5) is 7.70. The molecular formula is C10H5Br2F2N3. The SMILES string of the molecule is Fc1cc(F)c(Nc2ncncc2Br)cc1Br. The maximum atomic E-state index is 13.5. The first-order chi connectivity index (χ1) is 8.08. The van der Waals surface area contributed by atoms with E-state index in [0.717, 1.165) is 6.07 Å². The van der Waals surface area contributed by atoms with Gasteiger partial charge in [0.2, 0.25) is 0 Å². The second-order valence-corrected chi connectivity index (χ2v) is 4.80. The molecule has 0 radical (unpaired) electrons. The Labute approximate surface area is 113 Å². The molecule has 0 saturated carbocycles. The number of rotatable bonds is 2. The van der Waals surface area contributed by atoms with E-state index in [9.17, 15) is 8.78 Å². The Bertz CT molecular complexity index is 563. The molecule has 0 aliphatic heterocycles. The average Bonchev–Trinajstić information content (AvgIpc) is 2.29. The summed E-state index contributed by atoms with van der Waals surface area (Å²) in [6.45, 7) is 0. The van der Waals surface area contributed by atoms with Crippen molar-refractivity contribution < 1.29 is 8.78 Å². The van der Waals surface area contributed by atoms with Crippen LogP contribution in [-0.2, 0) is 0 Å². The summed E-state index contributed by atoms with van der Waals surface area (Å²) in [5.41, 5.74) is 0.123. The molecule has 3 nitrogen and oxygen atoms in total. The third-order valence-corrected chi connectivity index (χ3v) is 3.12. The van der Waals surface area contributed by atoms with E-state index >= 15 is 0 Å². The van der Waals surface area contributed by atoms with Gasteiger partial charge in [0.1, 0.15) is 23.8 Å². The van der Waals surface area contributed by atoms with Crippen molar-refractivity contribution in [2.75, 3.05) is 5.32 Å². The zero-order valence-corrected chi connectivity index (χ0v) is 11.4. The third kappa shape index (κ3) is 2.78. The standard InChI is InChI=1S/C10H5Br2F2N3/c11-5-1-9(8(14)2-7(5)13)17-10-6(12)3-15-4-16-10/h1-4H,(H,15,16,17). The minimum absolute atomic E-state index is 0.123. The van der Waals surface area contributed by atoms with Gasteiger partial charge in [-0.25, -0.2) is 18.7 Å². The van der Waals surface area contributed by atoms with Crippen LogP contribution in [0.2, 0.25) is 0 Å². The number of nitrogens with one attached hydrogen (secondary N) is 1. The first-order valence-electron chi connectivity index (χ1n) is 4.45. The number of benzene rings is 1. The van der Waals surface area contributed by atoms with Gasteiger partial charge in [-0.05, 0) is 37.9 Å². The summed E-state index contributed by atoms with van der Waals surface area (Å²) in [5.74, 6) is -0.955. The highest BCUT2D eigenvalue weighted by Gasteiger charge is 2.10. The Morgan fingerprint density at radius 1 is 1.06 bits per heavy atom. The van der Waals surface area contributed by atoms with E-state index in [1.54, 1.807) is 0 Å². The second-order valence-electron chi connectivity index (χ2n) is 3.09. The van der Waals surface area contributed by atoms with Gasteiger partial charge in [0.25, 0.3) is 0 Å². The van der Waals surface area contributed by atoms with Crippen LogP contribution in [0.5, 0.6) is 0 Å². The molecule has 17 heavy (non-hydrogen) atoms. The van der Waals surface area contributed by atoms with Gasteiger partial charge in [-0.3, -0.25) is 0 Å². The smallest absolute Gasteiger partial charge is 0.149 e. The molecule has 0 amide bonds. The summed E-state index contributed by atoms with van der Waals surface area (Å²) in [7, 11) is 0. The zero-order valence-electron chi connectivity index (χ0n) is 8.22. The average molecular weight is 365 g/mol. The molecule has 1 N–H and O–H groups in total. The molecule has 0 aliphatic rings. The lowest BCUT2D eigenvalue weighted by Crippen LogP contribution is -1.98. The third-order valence-electron chi connectivity index (χ3n) is 1.93. The molecule has 1 aromatic heterocycles. The fraction of sp³-hybridized carbons (Fsp3) is 0. The van der Waals surface area contributed by atoms with Gasteiger partial charge in [0, 0.05) is 12.3 Å². The minimum Gasteiger partial charge on any atom is -0.337 e. The van der Waals surface area contributed by atoms with Crippen molar-refractivity contribution in [2.45, 2.75) is 0 Å². The molecule has 0 spiro atoms. The van der Waals surface area contributed by atoms with Crippen LogP contribution in [0.15, 0.2) is 33.6 Å². The first kappa shape index (κ1) is 12.4. The van der Waals surface area contributed by atoms with Crippen molar-refractivity contribution in [1.29, 1.82) is 0 Å². The van der Waals surface area contributed by atoms with E-state index in [0.29, 0.717) is 10.3 Å². The van der Waals surface area contributed by atoms with Crippen molar-refractivity contribution in [2.24, 2.45) is 0 Å². The van der Waals surface area contributed by atoms with E-state index in [1.165, 1.54) is 18.6 Å². The fourth-order valence-electron chi connectivity index (χ4n) is 1.15. The normalized spacial score (nSPS) is 10.4. The van der Waals surface area contributed by atoms with Crippen molar-refractivity contribution in [3.05, 3.63) is 45.2 Å². The molecule has 0 aliphatic carbocycles. The molecule has 0 atom stereocenters. The highest BCUT2D eigenvalue weighted by molar-refractivity contribution is 9.10. The van der Waals surface area contributed by atoms with Crippen LogP contribution in [-0.4, -0.2) is 9.97 Å². The molecule has 0 fully saturated rings. The first-order valence-corrected chi connectivity index (χ1v) is 6.03. The number of halogens is 4. The van der Waals surface area contributed by atoms with E-state index in [-0.39, 0.29) is 10.2 Å². The summed E-state index contributed by atoms with van der Waals surface area (Å²) < 4.78 is 27.2. The Balaban J connectivity index is 2.37. The number of anilines is 2. The second kappa shape index (κ2) is 5.05. The van der Waals surface area contributed by atoms with Crippen LogP contribution in [0, 0.1) is 11.6 Å². The predicted octanol–water partition coefficient (Wildman–Crippen LogP) is 4.02. The minimum atomic E-state index is -0.698. The van der Waals surface area contributed by atoms with Gasteiger partial charge in [0.05, 0.1) is 14.6 Å². The number of hydrogen-bond donors (Lipinski definition) is 1. The molecule has 2 aromatic rings. The fourth-order valence-corrected chi connectivity index (χ4v) is 1.81. The molecular weight excluding hydrogens is 360 g/mol. The molecule has 0 unspecified atom stereocenters. The van der Waals surface area contributed by atoms with Gasteiger partial charge in [-0.1, -0.05) is 0 Å². The molecule has 1 heterocycles. The van der Waals surface area contributed by atoms with E-state index in [1.807, 2.05) is 0 Å². The van der Waals surface area contributed by atoms with Crippen LogP contribution in [0.4, 0.5) is 20.3 Å². The summed E-state index contributed by atoms with van der Waals surface area (Å²) in [5, 5.41) is 2.74. The van der Waals surface area contributed by atoms with Crippen LogP contribution >= 0.6 is 31.9 Å². The summed E-state index contributed by atoms with van der Waals surface area (Å²) >= 11 is 6.20. The Kier molecular flexibility index (Phi) is 3.68. The number of aromatic nitrogens is 2. The monoisotopic (exact) mass is 363 g/mol. The van der Waals surface area contributed by atoms with E-state index in [4.69, 9.17) is 0 Å². The van der Waals surface area contributed by atoms with Gasteiger partial charge in [-0.15, -0.1) is 0 Å². The Morgan fingerprint density at radius 3 is 2.53 bits per heavy atom. The quantitative estimate of drug-likeness (QED) is 0.818. The van der Waals surface area contributed by atoms with E-state index < -0.39 is 11.6 Å². The largest absolute Gasteiger partial charge is 0.337 e. The maximum absolute atomic E-state index is 13.5. The molecule has 7 heteroatoms. The van der Waals surface area contributed by atoms with Gasteiger partial charge in [-0.2, -0.15) is 0 Å². The molecule has 2 rings (SSSR count). The topological polar surface area (TPSA) is 37.8 Å². The lowest BCUT2D eigenvalue weighted by Gasteiger charge is -2.08. The molecule has 0 bridgehead atoms. The van der Waals surface area contributed by atoms with E-state index in [2.05, 4.69) is 47.1 Å². The maximum Gasteiger partial charge on any atom is 0.149 e. The van der Waals surface area contributed by atoms with Crippen molar-refractivity contribution >= 4 is 43.4 Å². The van der Waals surface area contributed by atoms with Crippen LogP contribution < -0.4 is 5.32 Å². The summed E-state index contributed by atoms with van der Waals surface area (Å²) in [6, 6.07) is 2.10. The highest BCUT2D eigenvalue weighted by Crippen LogP contribution is 2.28. The number of hydrogen-bond acceptors (Lipinski definition) is 3. The van der Waals surface area contributed by atoms with Gasteiger partial charge < -0.3 is 5.32 Å². The number of nitrogens with zero attached hydrogens (tertiary/aromatic N) is 2. The lowest BCUT2D eigenvalue weighted by molar-refractivity contribution is 0.581. The van der Waals surface area contributed by atoms with Crippen LogP contribution in [0.25, 0.3) is 0 Å². The summed E-state index contributed by atoms with van der Waals surface area (Å²) in [6.07, 6.45) is 2.84. The van der Waals surface area contributed by atoms with Crippen LogP contribution in [0.1, 0.15) is 0 Å². The molecule has 88 valence electrons. The van der Waals surface area contributed by atoms with Crippen LogP contribution in [0.3, 0.4) is 0 Å².